The van der Waals surface area contributed by atoms with Crippen LogP contribution in [0.4, 0.5) is 5.69 Å². The second-order valence-corrected chi connectivity index (χ2v) is 5.68. The number of carbonyl (C=O) groups is 1. The van der Waals surface area contributed by atoms with Crippen molar-refractivity contribution in [2.75, 3.05) is 16.6 Å². The van der Waals surface area contributed by atoms with Crippen molar-refractivity contribution >= 4 is 21.7 Å². The first kappa shape index (κ1) is 14.3. The normalized spacial score (nSPS) is 11.2. The summed E-state index contributed by atoms with van der Waals surface area (Å²) in [6, 6.07) is 4.32. The number of anilines is 1. The van der Waals surface area contributed by atoms with Crippen LogP contribution in [0.1, 0.15) is 12.5 Å². The van der Waals surface area contributed by atoms with E-state index >= 15 is 0 Å². The van der Waals surface area contributed by atoms with Crippen molar-refractivity contribution in [3.8, 4) is 5.75 Å². The van der Waals surface area contributed by atoms with E-state index in [9.17, 15) is 18.3 Å². The summed E-state index contributed by atoms with van der Waals surface area (Å²) in [7, 11) is -3.94. The minimum atomic E-state index is -3.94. The zero-order chi connectivity index (χ0) is 13.9. The van der Waals surface area contributed by atoms with Crippen LogP contribution in [-0.2, 0) is 14.8 Å². The van der Waals surface area contributed by atoms with E-state index in [1.54, 1.807) is 19.9 Å². The summed E-state index contributed by atoms with van der Waals surface area (Å²) in [4.78, 5) is 10.6. The molecular weight excluding hydrogens is 258 g/mol. The molecular formula is C11H15NO5S. The topological polar surface area (TPSA) is 94.9 Å². The molecule has 100 valence electrons. The smallest absolute Gasteiger partial charge is 0.320 e. The number of hydrogen-bond acceptors (Lipinski definition) is 4. The average molecular weight is 273 g/mol. The van der Waals surface area contributed by atoms with E-state index in [1.807, 2.05) is 0 Å². The van der Waals surface area contributed by atoms with Gasteiger partial charge in [0.2, 0.25) is 10.0 Å². The van der Waals surface area contributed by atoms with E-state index in [0.717, 1.165) is 4.31 Å². The Morgan fingerprint density at radius 3 is 2.50 bits per heavy atom. The number of aromatic hydroxyl groups is 1. The fourth-order valence-corrected chi connectivity index (χ4v) is 2.98. The highest BCUT2D eigenvalue weighted by molar-refractivity contribution is 7.93. The number of benzene rings is 1. The Balaban J connectivity index is 3.25. The molecule has 18 heavy (non-hydrogen) atoms. The predicted molar refractivity (Wildman–Crippen MR) is 67.3 cm³/mol. The van der Waals surface area contributed by atoms with Crippen molar-refractivity contribution in [1.82, 2.24) is 0 Å². The van der Waals surface area contributed by atoms with E-state index in [1.165, 1.54) is 12.1 Å². The molecule has 6 nitrogen and oxygen atoms in total. The molecule has 0 aliphatic carbocycles. The van der Waals surface area contributed by atoms with Crippen LogP contribution >= 0.6 is 0 Å². The summed E-state index contributed by atoms with van der Waals surface area (Å²) >= 11 is 0. The van der Waals surface area contributed by atoms with Gasteiger partial charge >= 0.3 is 5.97 Å². The van der Waals surface area contributed by atoms with Crippen LogP contribution in [0.5, 0.6) is 5.75 Å². The van der Waals surface area contributed by atoms with Gasteiger partial charge in [0.25, 0.3) is 0 Å². The molecule has 1 rings (SSSR count). The molecule has 0 fully saturated rings. The molecule has 0 atom stereocenters. The van der Waals surface area contributed by atoms with E-state index in [0.29, 0.717) is 11.3 Å². The Bertz CT molecular complexity index is 553. The lowest BCUT2D eigenvalue weighted by Crippen LogP contribution is -2.35. The largest absolute Gasteiger partial charge is 0.508 e. The van der Waals surface area contributed by atoms with Crippen LogP contribution in [0.3, 0.4) is 0 Å². The van der Waals surface area contributed by atoms with Gasteiger partial charge in [-0.25, -0.2) is 8.42 Å². The molecule has 2 N–H and O–H groups in total. The number of phenolic OH excluding ortho intramolecular Hbond substituents is 1. The number of nitrogens with zero attached hydrogens (tertiary/aromatic N) is 1. The third-order valence-electron chi connectivity index (χ3n) is 2.39. The van der Waals surface area contributed by atoms with Gasteiger partial charge in [-0.15, -0.1) is 0 Å². The van der Waals surface area contributed by atoms with Gasteiger partial charge in [0, 0.05) is 12.6 Å². The number of carboxylic acids is 1. The number of phenols is 1. The summed E-state index contributed by atoms with van der Waals surface area (Å²) in [5.74, 6) is -2.46. The Kier molecular flexibility index (Phi) is 4.18. The Morgan fingerprint density at radius 1 is 1.39 bits per heavy atom. The van der Waals surface area contributed by atoms with E-state index in [-0.39, 0.29) is 12.3 Å². The van der Waals surface area contributed by atoms with Crippen LogP contribution in [-0.4, -0.2) is 36.9 Å². The molecule has 0 heterocycles. The standard InChI is InChI=1S/C11H15NO5S/c1-3-12(18(16,17)7-11(14)15)10-6-9(13)5-4-8(10)2/h4-6,13H,3,7H2,1-2H3,(H,14,15). The first-order valence-corrected chi connectivity index (χ1v) is 6.90. The molecule has 0 bridgehead atoms. The average Bonchev–Trinajstić information content (AvgIpc) is 2.21. The van der Waals surface area contributed by atoms with Gasteiger partial charge in [-0.3, -0.25) is 9.10 Å². The molecule has 0 saturated carbocycles. The number of carboxylic acid groups (broad SMARTS) is 1. The Morgan fingerprint density at radius 2 is 2.00 bits per heavy atom. The third kappa shape index (κ3) is 3.13. The van der Waals surface area contributed by atoms with Crippen molar-refractivity contribution in [2.45, 2.75) is 13.8 Å². The minimum Gasteiger partial charge on any atom is -0.508 e. The minimum absolute atomic E-state index is 0.0698. The molecule has 0 spiro atoms. The Labute approximate surface area is 106 Å². The molecule has 0 radical (unpaired) electrons. The summed E-state index contributed by atoms with van der Waals surface area (Å²) in [6.45, 7) is 3.39. The molecule has 0 unspecified atom stereocenters. The van der Waals surface area contributed by atoms with Gasteiger partial charge in [0.1, 0.15) is 5.75 Å². The summed E-state index contributed by atoms with van der Waals surface area (Å²) in [6.07, 6.45) is 0. The van der Waals surface area contributed by atoms with Crippen molar-refractivity contribution < 1.29 is 23.4 Å². The van der Waals surface area contributed by atoms with Gasteiger partial charge in [0.15, 0.2) is 5.75 Å². The molecule has 1 aromatic rings. The molecule has 0 saturated heterocycles. The monoisotopic (exact) mass is 273 g/mol. The van der Waals surface area contributed by atoms with Crippen molar-refractivity contribution in [2.24, 2.45) is 0 Å². The predicted octanol–water partition coefficient (Wildman–Crippen LogP) is 0.941. The van der Waals surface area contributed by atoms with Crippen LogP contribution in [0, 0.1) is 6.92 Å². The van der Waals surface area contributed by atoms with Gasteiger partial charge in [-0.05, 0) is 25.5 Å². The summed E-state index contributed by atoms with van der Waals surface area (Å²) < 4.78 is 24.8. The lowest BCUT2D eigenvalue weighted by atomic mass is 10.2. The van der Waals surface area contributed by atoms with E-state index < -0.39 is 21.7 Å². The quantitative estimate of drug-likeness (QED) is 0.832. The van der Waals surface area contributed by atoms with Crippen molar-refractivity contribution in [1.29, 1.82) is 0 Å². The van der Waals surface area contributed by atoms with Gasteiger partial charge in [0.05, 0.1) is 5.69 Å². The highest BCUT2D eigenvalue weighted by Gasteiger charge is 2.25. The summed E-state index contributed by atoms with van der Waals surface area (Å²) in [5.41, 5.74) is 0.933. The molecule has 0 aliphatic heterocycles. The maximum atomic E-state index is 11.9. The highest BCUT2D eigenvalue weighted by Crippen LogP contribution is 2.27. The molecule has 1 aromatic carbocycles. The van der Waals surface area contributed by atoms with Gasteiger partial charge < -0.3 is 10.2 Å². The van der Waals surface area contributed by atoms with Gasteiger partial charge in [-0.1, -0.05) is 6.07 Å². The fourth-order valence-electron chi connectivity index (χ4n) is 1.62. The maximum absolute atomic E-state index is 11.9. The van der Waals surface area contributed by atoms with Gasteiger partial charge in [-0.2, -0.15) is 0 Å². The second-order valence-electron chi connectivity index (χ2n) is 3.79. The van der Waals surface area contributed by atoms with E-state index in [2.05, 4.69) is 0 Å². The number of aryl methyl sites for hydroxylation is 1. The second kappa shape index (κ2) is 5.26. The molecule has 0 aliphatic rings. The zero-order valence-corrected chi connectivity index (χ0v) is 10.9. The van der Waals surface area contributed by atoms with Crippen molar-refractivity contribution in [3.05, 3.63) is 23.8 Å². The number of rotatable bonds is 5. The molecule has 7 heteroatoms. The Hall–Kier alpha value is -1.76. The first-order chi connectivity index (χ1) is 8.27. The number of hydrogen-bond donors (Lipinski definition) is 2. The lowest BCUT2D eigenvalue weighted by molar-refractivity contribution is -0.134. The molecule has 0 aromatic heterocycles. The van der Waals surface area contributed by atoms with Crippen LogP contribution < -0.4 is 4.31 Å². The highest BCUT2D eigenvalue weighted by atomic mass is 32.2. The fraction of sp³-hybridized carbons (Fsp3) is 0.364. The SMILES string of the molecule is CCN(c1cc(O)ccc1C)S(=O)(=O)CC(=O)O. The van der Waals surface area contributed by atoms with E-state index in [4.69, 9.17) is 5.11 Å². The third-order valence-corrected chi connectivity index (χ3v) is 4.13. The van der Waals surface area contributed by atoms with Crippen LogP contribution in [0.15, 0.2) is 18.2 Å². The lowest BCUT2D eigenvalue weighted by Gasteiger charge is -2.23. The van der Waals surface area contributed by atoms with Crippen molar-refractivity contribution in [3.63, 3.8) is 0 Å². The van der Waals surface area contributed by atoms with Crippen LogP contribution in [0.25, 0.3) is 0 Å². The van der Waals surface area contributed by atoms with Crippen LogP contribution in [0.2, 0.25) is 0 Å². The number of sulfonamides is 1. The zero-order valence-electron chi connectivity index (χ0n) is 10.1. The first-order valence-electron chi connectivity index (χ1n) is 5.29. The number of aliphatic carboxylic acids is 1. The molecule has 0 amide bonds. The maximum Gasteiger partial charge on any atom is 0.320 e. The summed E-state index contributed by atoms with van der Waals surface area (Å²) in [5, 5.41) is 18.0.